The van der Waals surface area contributed by atoms with E-state index in [0.717, 1.165) is 4.47 Å². The maximum atomic E-state index is 6.09. The van der Waals surface area contributed by atoms with Crippen molar-refractivity contribution in [2.75, 3.05) is 5.32 Å². The highest BCUT2D eigenvalue weighted by Gasteiger charge is 2.12. The predicted molar refractivity (Wildman–Crippen MR) is 83.3 cm³/mol. The standard InChI is InChI=1S/C13H16BrClN4O/c1-13(2,3)16-7-11-18-19-12(20-11)17-10-6-8(14)4-5-9(10)15/h4-6,16H,7H2,1-3H3,(H,17,19). The van der Waals surface area contributed by atoms with Crippen molar-refractivity contribution in [3.05, 3.63) is 33.6 Å². The maximum absolute atomic E-state index is 6.09. The number of aromatic nitrogens is 2. The van der Waals surface area contributed by atoms with Crippen LogP contribution in [0.1, 0.15) is 26.7 Å². The molecule has 0 bridgehead atoms. The van der Waals surface area contributed by atoms with E-state index in [1.165, 1.54) is 0 Å². The second-order valence-electron chi connectivity index (χ2n) is 5.35. The van der Waals surface area contributed by atoms with Crippen molar-refractivity contribution in [3.8, 4) is 0 Å². The van der Waals surface area contributed by atoms with E-state index >= 15 is 0 Å². The third kappa shape index (κ3) is 4.47. The van der Waals surface area contributed by atoms with Crippen molar-refractivity contribution >= 4 is 39.2 Å². The van der Waals surface area contributed by atoms with Crippen LogP contribution in [0.15, 0.2) is 27.1 Å². The monoisotopic (exact) mass is 358 g/mol. The van der Waals surface area contributed by atoms with Crippen LogP contribution in [0, 0.1) is 0 Å². The highest BCUT2D eigenvalue weighted by molar-refractivity contribution is 9.10. The molecule has 0 radical (unpaired) electrons. The Morgan fingerprint density at radius 2 is 2.05 bits per heavy atom. The largest absolute Gasteiger partial charge is 0.406 e. The molecule has 0 unspecified atom stereocenters. The van der Waals surface area contributed by atoms with Crippen LogP contribution in [-0.2, 0) is 6.54 Å². The van der Waals surface area contributed by atoms with E-state index in [1.54, 1.807) is 6.07 Å². The molecule has 1 aromatic heterocycles. The van der Waals surface area contributed by atoms with Crippen LogP contribution in [0.3, 0.4) is 0 Å². The Hall–Kier alpha value is -1.11. The van der Waals surface area contributed by atoms with Crippen LogP contribution in [0.2, 0.25) is 5.02 Å². The Bertz CT molecular complexity index is 594. The summed E-state index contributed by atoms with van der Waals surface area (Å²) in [5, 5.41) is 14.8. The lowest BCUT2D eigenvalue weighted by molar-refractivity contribution is 0.384. The molecular weight excluding hydrogens is 344 g/mol. The van der Waals surface area contributed by atoms with Gasteiger partial charge in [-0.05, 0) is 39.0 Å². The fourth-order valence-electron chi connectivity index (χ4n) is 1.42. The molecule has 1 aromatic carbocycles. The first-order chi connectivity index (χ1) is 9.33. The number of nitrogens with one attached hydrogen (secondary N) is 2. The fourth-order valence-corrected chi connectivity index (χ4v) is 1.95. The second-order valence-corrected chi connectivity index (χ2v) is 6.68. The summed E-state index contributed by atoms with van der Waals surface area (Å²) in [7, 11) is 0. The summed E-state index contributed by atoms with van der Waals surface area (Å²) in [5.41, 5.74) is 0.704. The summed E-state index contributed by atoms with van der Waals surface area (Å²) >= 11 is 9.47. The molecule has 0 amide bonds. The van der Waals surface area contributed by atoms with Crippen molar-refractivity contribution in [1.29, 1.82) is 0 Å². The van der Waals surface area contributed by atoms with Gasteiger partial charge in [-0.1, -0.05) is 32.6 Å². The molecule has 0 atom stereocenters. The Morgan fingerprint density at radius 3 is 2.75 bits per heavy atom. The zero-order chi connectivity index (χ0) is 14.8. The minimum atomic E-state index is -0.00430. The van der Waals surface area contributed by atoms with Gasteiger partial charge in [0, 0.05) is 10.0 Å². The van der Waals surface area contributed by atoms with Crippen LogP contribution in [-0.4, -0.2) is 15.7 Å². The molecule has 0 fully saturated rings. The van der Waals surface area contributed by atoms with Gasteiger partial charge in [-0.2, -0.15) is 0 Å². The van der Waals surface area contributed by atoms with Crippen molar-refractivity contribution in [3.63, 3.8) is 0 Å². The van der Waals surface area contributed by atoms with Gasteiger partial charge in [-0.3, -0.25) is 0 Å². The Balaban J connectivity index is 2.04. The Kier molecular flexibility index (Phi) is 4.67. The van der Waals surface area contributed by atoms with E-state index in [2.05, 4.69) is 57.5 Å². The van der Waals surface area contributed by atoms with Gasteiger partial charge in [0.1, 0.15) is 0 Å². The minimum absolute atomic E-state index is 0.00430. The van der Waals surface area contributed by atoms with Crippen molar-refractivity contribution in [2.45, 2.75) is 32.9 Å². The smallest absolute Gasteiger partial charge is 0.320 e. The van der Waals surface area contributed by atoms with Crippen LogP contribution in [0.25, 0.3) is 0 Å². The van der Waals surface area contributed by atoms with E-state index < -0.39 is 0 Å². The lowest BCUT2D eigenvalue weighted by Gasteiger charge is -2.18. The van der Waals surface area contributed by atoms with E-state index in [4.69, 9.17) is 16.0 Å². The zero-order valence-corrected chi connectivity index (χ0v) is 13.8. The predicted octanol–water partition coefficient (Wildman–Crippen LogP) is 4.12. The normalized spacial score (nSPS) is 11.7. The molecular formula is C13H16BrClN4O. The van der Waals surface area contributed by atoms with Gasteiger partial charge in [0.05, 0.1) is 17.3 Å². The molecule has 7 heteroatoms. The summed E-state index contributed by atoms with van der Waals surface area (Å²) < 4.78 is 6.42. The van der Waals surface area contributed by atoms with E-state index in [1.807, 2.05) is 12.1 Å². The lowest BCUT2D eigenvalue weighted by atomic mass is 10.1. The molecule has 2 N–H and O–H groups in total. The third-order valence-electron chi connectivity index (χ3n) is 2.41. The van der Waals surface area contributed by atoms with Gasteiger partial charge in [0.25, 0.3) is 0 Å². The van der Waals surface area contributed by atoms with Crippen molar-refractivity contribution in [1.82, 2.24) is 15.5 Å². The number of hydrogen-bond acceptors (Lipinski definition) is 5. The molecule has 0 aliphatic heterocycles. The molecule has 2 rings (SSSR count). The third-order valence-corrected chi connectivity index (χ3v) is 3.23. The Morgan fingerprint density at radius 1 is 1.30 bits per heavy atom. The van der Waals surface area contributed by atoms with Gasteiger partial charge < -0.3 is 15.1 Å². The van der Waals surface area contributed by atoms with Gasteiger partial charge >= 0.3 is 6.01 Å². The highest BCUT2D eigenvalue weighted by Crippen LogP contribution is 2.28. The van der Waals surface area contributed by atoms with Gasteiger partial charge in [0.2, 0.25) is 5.89 Å². The average Bonchev–Trinajstić information content (AvgIpc) is 2.78. The van der Waals surface area contributed by atoms with E-state index in [0.29, 0.717) is 29.2 Å². The van der Waals surface area contributed by atoms with E-state index in [-0.39, 0.29) is 5.54 Å². The summed E-state index contributed by atoms with van der Waals surface area (Å²) in [6, 6.07) is 5.81. The molecule has 0 aliphatic carbocycles. The number of rotatable bonds is 4. The number of halogens is 2. The molecule has 0 saturated carbocycles. The first kappa shape index (κ1) is 15.3. The summed E-state index contributed by atoms with van der Waals surface area (Å²) in [6.45, 7) is 6.74. The van der Waals surface area contributed by atoms with Crippen molar-refractivity contribution in [2.24, 2.45) is 0 Å². The number of hydrogen-bond donors (Lipinski definition) is 2. The van der Waals surface area contributed by atoms with Crippen LogP contribution >= 0.6 is 27.5 Å². The van der Waals surface area contributed by atoms with E-state index in [9.17, 15) is 0 Å². The van der Waals surface area contributed by atoms with Crippen LogP contribution in [0.5, 0.6) is 0 Å². The molecule has 20 heavy (non-hydrogen) atoms. The van der Waals surface area contributed by atoms with Crippen LogP contribution < -0.4 is 10.6 Å². The number of anilines is 2. The SMILES string of the molecule is CC(C)(C)NCc1nnc(Nc2cc(Br)ccc2Cl)o1. The average molecular weight is 360 g/mol. The summed E-state index contributed by atoms with van der Waals surface area (Å²) in [6.07, 6.45) is 0. The second kappa shape index (κ2) is 6.11. The van der Waals surface area contributed by atoms with Gasteiger partial charge in [-0.15, -0.1) is 5.10 Å². The molecule has 1 heterocycles. The topological polar surface area (TPSA) is 63.0 Å². The molecule has 0 saturated heterocycles. The first-order valence-corrected chi connectivity index (χ1v) is 7.30. The molecule has 2 aromatic rings. The summed E-state index contributed by atoms with van der Waals surface area (Å²) in [4.78, 5) is 0. The fraction of sp³-hybridized carbons (Fsp3) is 0.385. The quantitative estimate of drug-likeness (QED) is 0.860. The first-order valence-electron chi connectivity index (χ1n) is 6.13. The van der Waals surface area contributed by atoms with Crippen LogP contribution in [0.4, 0.5) is 11.7 Å². The number of nitrogens with zero attached hydrogens (tertiary/aromatic N) is 2. The highest BCUT2D eigenvalue weighted by atomic mass is 79.9. The molecule has 0 spiro atoms. The molecule has 108 valence electrons. The van der Waals surface area contributed by atoms with Crippen molar-refractivity contribution < 1.29 is 4.42 Å². The van der Waals surface area contributed by atoms with Gasteiger partial charge in [0.15, 0.2) is 0 Å². The molecule has 0 aliphatic rings. The summed E-state index contributed by atoms with van der Waals surface area (Å²) in [5.74, 6) is 0.522. The molecule has 5 nitrogen and oxygen atoms in total. The zero-order valence-electron chi connectivity index (χ0n) is 11.5. The Labute approximate surface area is 131 Å². The lowest BCUT2D eigenvalue weighted by Crippen LogP contribution is -2.35. The maximum Gasteiger partial charge on any atom is 0.320 e. The minimum Gasteiger partial charge on any atom is -0.406 e. The van der Waals surface area contributed by atoms with Gasteiger partial charge in [-0.25, -0.2) is 0 Å². The number of benzene rings is 1.